The van der Waals surface area contributed by atoms with Gasteiger partial charge in [-0.25, -0.2) is 9.07 Å². The first kappa shape index (κ1) is 16.9. The van der Waals surface area contributed by atoms with Gasteiger partial charge in [0, 0.05) is 22.3 Å². The monoisotopic (exact) mass is 357 g/mol. The second-order valence-electron chi connectivity index (χ2n) is 5.28. The van der Waals surface area contributed by atoms with Crippen molar-refractivity contribution in [1.29, 1.82) is 0 Å². The zero-order valence-corrected chi connectivity index (χ0v) is 13.7. The molecule has 0 bridgehead atoms. The highest BCUT2D eigenvalue weighted by Gasteiger charge is 2.09. The van der Waals surface area contributed by atoms with Crippen LogP contribution in [0.15, 0.2) is 65.5 Å². The zero-order valence-electron chi connectivity index (χ0n) is 12.9. The highest BCUT2D eigenvalue weighted by Crippen LogP contribution is 2.18. The van der Waals surface area contributed by atoms with Crippen molar-refractivity contribution < 1.29 is 9.18 Å². The molecule has 0 aliphatic rings. The highest BCUT2D eigenvalue weighted by molar-refractivity contribution is 6.30. The molecule has 0 unspecified atom stereocenters. The second kappa shape index (κ2) is 7.27. The molecule has 0 atom stereocenters. The van der Waals surface area contributed by atoms with Crippen LogP contribution in [0.1, 0.15) is 0 Å². The van der Waals surface area contributed by atoms with Crippen molar-refractivity contribution in [2.75, 3.05) is 5.32 Å². The fraction of sp³-hybridized carbons (Fsp3) is 0.0556. The van der Waals surface area contributed by atoms with E-state index in [1.807, 2.05) is 0 Å². The van der Waals surface area contributed by atoms with Crippen molar-refractivity contribution in [2.45, 2.75) is 6.54 Å². The number of halogens is 2. The Kier molecular flexibility index (Phi) is 4.90. The molecule has 3 aromatic rings. The molecule has 0 aliphatic carbocycles. The van der Waals surface area contributed by atoms with Gasteiger partial charge in [-0.3, -0.25) is 9.59 Å². The Bertz CT molecular complexity index is 971. The van der Waals surface area contributed by atoms with E-state index in [0.717, 1.165) is 10.2 Å². The third kappa shape index (κ3) is 4.30. The molecular weight excluding hydrogens is 345 g/mol. The average Bonchev–Trinajstić information content (AvgIpc) is 2.57. The first-order valence-electron chi connectivity index (χ1n) is 7.41. The van der Waals surface area contributed by atoms with Gasteiger partial charge >= 0.3 is 0 Å². The summed E-state index contributed by atoms with van der Waals surface area (Å²) in [7, 11) is 0. The maximum atomic E-state index is 13.1. The number of nitrogens with one attached hydrogen (secondary N) is 1. The van der Waals surface area contributed by atoms with E-state index in [4.69, 9.17) is 11.6 Å². The molecule has 0 saturated heterocycles. The van der Waals surface area contributed by atoms with Gasteiger partial charge in [-0.15, -0.1) is 0 Å². The number of amides is 1. The topological polar surface area (TPSA) is 64.0 Å². The van der Waals surface area contributed by atoms with E-state index in [0.29, 0.717) is 16.4 Å². The number of nitrogens with zero attached hydrogens (tertiary/aromatic N) is 2. The lowest BCUT2D eigenvalue weighted by molar-refractivity contribution is -0.117. The molecule has 5 nitrogen and oxygen atoms in total. The Morgan fingerprint density at radius 3 is 2.60 bits per heavy atom. The first-order chi connectivity index (χ1) is 12.0. The van der Waals surface area contributed by atoms with E-state index in [1.165, 1.54) is 24.3 Å². The minimum Gasteiger partial charge on any atom is -0.324 e. The van der Waals surface area contributed by atoms with E-state index in [-0.39, 0.29) is 6.54 Å². The number of hydrogen-bond acceptors (Lipinski definition) is 3. The minimum atomic E-state index is -0.478. The van der Waals surface area contributed by atoms with Crippen LogP contribution < -0.4 is 10.9 Å². The van der Waals surface area contributed by atoms with Crippen LogP contribution in [-0.2, 0) is 11.3 Å². The Labute approximate surface area is 147 Å². The van der Waals surface area contributed by atoms with Gasteiger partial charge in [0.15, 0.2) is 0 Å². The van der Waals surface area contributed by atoms with Gasteiger partial charge in [0.05, 0.1) is 5.69 Å². The Hall–Kier alpha value is -2.99. The Morgan fingerprint density at radius 2 is 1.88 bits per heavy atom. The number of carbonyl (C=O) groups is 1. The largest absolute Gasteiger partial charge is 0.324 e. The predicted molar refractivity (Wildman–Crippen MR) is 94.0 cm³/mol. The summed E-state index contributed by atoms with van der Waals surface area (Å²) in [4.78, 5) is 24.0. The number of carbonyl (C=O) groups excluding carboxylic acids is 1. The number of rotatable bonds is 4. The molecule has 25 heavy (non-hydrogen) atoms. The molecule has 0 spiro atoms. The molecule has 7 heteroatoms. The molecule has 126 valence electrons. The lowest BCUT2D eigenvalue weighted by atomic mass is 10.1. The van der Waals surface area contributed by atoms with Gasteiger partial charge in [-0.05, 0) is 36.4 Å². The second-order valence-corrected chi connectivity index (χ2v) is 5.72. The molecule has 1 amide bonds. The normalized spacial score (nSPS) is 10.5. The van der Waals surface area contributed by atoms with Gasteiger partial charge in [0.2, 0.25) is 5.91 Å². The molecule has 3 rings (SSSR count). The van der Waals surface area contributed by atoms with Crippen LogP contribution in [-0.4, -0.2) is 15.7 Å². The van der Waals surface area contributed by atoms with Gasteiger partial charge in [0.25, 0.3) is 5.56 Å². The third-order valence-electron chi connectivity index (χ3n) is 3.41. The molecular formula is C18H13ClFN3O2. The summed E-state index contributed by atoms with van der Waals surface area (Å²) in [6.07, 6.45) is 0. The Morgan fingerprint density at radius 1 is 1.12 bits per heavy atom. The van der Waals surface area contributed by atoms with Crippen molar-refractivity contribution in [1.82, 2.24) is 9.78 Å². The van der Waals surface area contributed by atoms with Gasteiger partial charge < -0.3 is 5.32 Å². The molecule has 0 fully saturated rings. The van der Waals surface area contributed by atoms with Crippen molar-refractivity contribution in [3.63, 3.8) is 0 Å². The summed E-state index contributed by atoms with van der Waals surface area (Å²) in [6.45, 7) is -0.281. The van der Waals surface area contributed by atoms with Crippen LogP contribution in [0, 0.1) is 5.82 Å². The van der Waals surface area contributed by atoms with Crippen LogP contribution in [0.4, 0.5) is 10.1 Å². The molecule has 1 aromatic heterocycles. The maximum Gasteiger partial charge on any atom is 0.267 e. The number of benzene rings is 2. The van der Waals surface area contributed by atoms with E-state index in [1.54, 1.807) is 36.4 Å². The number of aromatic nitrogens is 2. The van der Waals surface area contributed by atoms with E-state index < -0.39 is 17.3 Å². The van der Waals surface area contributed by atoms with Crippen LogP contribution in [0.5, 0.6) is 0 Å². The van der Waals surface area contributed by atoms with E-state index in [9.17, 15) is 14.0 Å². The summed E-state index contributed by atoms with van der Waals surface area (Å²) in [6, 6.07) is 15.4. The van der Waals surface area contributed by atoms with Gasteiger partial charge in [0.1, 0.15) is 12.4 Å². The summed E-state index contributed by atoms with van der Waals surface area (Å²) >= 11 is 5.86. The Balaban J connectivity index is 1.80. The third-order valence-corrected chi connectivity index (χ3v) is 3.66. The van der Waals surface area contributed by atoms with Gasteiger partial charge in [-0.1, -0.05) is 29.8 Å². The van der Waals surface area contributed by atoms with E-state index >= 15 is 0 Å². The fourth-order valence-electron chi connectivity index (χ4n) is 2.24. The SMILES string of the molecule is O=C(Cn1nc(-c2ccc(Cl)cc2)ccc1=O)Nc1cccc(F)c1. The number of hydrogen-bond donors (Lipinski definition) is 1. The summed E-state index contributed by atoms with van der Waals surface area (Å²) < 4.78 is 14.2. The van der Waals surface area contributed by atoms with Crippen LogP contribution in [0.25, 0.3) is 11.3 Å². The van der Waals surface area contributed by atoms with Crippen molar-refractivity contribution >= 4 is 23.2 Å². The van der Waals surface area contributed by atoms with Gasteiger partial charge in [-0.2, -0.15) is 5.10 Å². The zero-order chi connectivity index (χ0) is 17.8. The average molecular weight is 358 g/mol. The molecule has 0 aliphatic heterocycles. The first-order valence-corrected chi connectivity index (χ1v) is 7.78. The van der Waals surface area contributed by atoms with Crippen molar-refractivity contribution in [3.05, 3.63) is 81.9 Å². The van der Waals surface area contributed by atoms with Crippen molar-refractivity contribution in [3.8, 4) is 11.3 Å². The summed E-state index contributed by atoms with van der Waals surface area (Å²) in [5.41, 5.74) is 1.21. The fourth-order valence-corrected chi connectivity index (χ4v) is 2.37. The highest BCUT2D eigenvalue weighted by atomic mass is 35.5. The lowest BCUT2D eigenvalue weighted by Crippen LogP contribution is -2.29. The summed E-state index contributed by atoms with van der Waals surface area (Å²) in [5.74, 6) is -0.939. The molecule has 1 N–H and O–H groups in total. The number of anilines is 1. The quantitative estimate of drug-likeness (QED) is 0.778. The smallest absolute Gasteiger partial charge is 0.267 e. The van der Waals surface area contributed by atoms with E-state index in [2.05, 4.69) is 10.4 Å². The molecule has 0 saturated carbocycles. The van der Waals surface area contributed by atoms with Crippen LogP contribution in [0.2, 0.25) is 5.02 Å². The molecule has 0 radical (unpaired) electrons. The maximum absolute atomic E-state index is 13.1. The standard InChI is InChI=1S/C18H13ClFN3O2/c19-13-6-4-12(5-7-13)16-8-9-18(25)23(22-16)11-17(24)21-15-3-1-2-14(20)10-15/h1-10H,11H2,(H,21,24). The van der Waals surface area contributed by atoms with Crippen LogP contribution >= 0.6 is 11.6 Å². The predicted octanol–water partition coefficient (Wildman–Crippen LogP) is 3.34. The lowest BCUT2D eigenvalue weighted by Gasteiger charge is -2.08. The minimum absolute atomic E-state index is 0.281. The molecule has 2 aromatic carbocycles. The molecule has 1 heterocycles. The van der Waals surface area contributed by atoms with Crippen molar-refractivity contribution in [2.24, 2.45) is 0 Å². The van der Waals surface area contributed by atoms with Crippen LogP contribution in [0.3, 0.4) is 0 Å². The summed E-state index contributed by atoms with van der Waals surface area (Å²) in [5, 5.41) is 7.32.